The lowest BCUT2D eigenvalue weighted by atomic mass is 9.51. The fourth-order valence-corrected chi connectivity index (χ4v) is 6.64. The molecule has 31 heavy (non-hydrogen) atoms. The molecule has 1 aromatic carbocycles. The predicted molar refractivity (Wildman–Crippen MR) is 111 cm³/mol. The number of likely N-dealkylation sites (tertiary alicyclic amines) is 1. The number of phenolic OH excluding ortho intramolecular Hbond substituents is 1. The van der Waals surface area contributed by atoms with Gasteiger partial charge in [-0.3, -0.25) is 9.59 Å². The molecule has 0 unspecified atom stereocenters. The van der Waals surface area contributed by atoms with Crippen LogP contribution in [0.4, 0.5) is 0 Å². The van der Waals surface area contributed by atoms with E-state index in [-0.39, 0.29) is 35.8 Å². The fraction of sp³-hybridized carbons (Fsp3) is 0.636. The molecule has 2 heterocycles. The summed E-state index contributed by atoms with van der Waals surface area (Å²) in [4.78, 5) is 25.2. The predicted octanol–water partition coefficient (Wildman–Crippen LogP) is 0.229. The standard InChI is InChI=1S/C22H29N3O6/c1-25-6-5-22-12-3-4-13(23-9-17(27)24-10-18(28)29)21(22)31-20-15(26)8-16(30-2)11(19(20)22)7-14(12)25/h8,12-14,21,23,26H,3-7,9-10H2,1-2H3,(H,24,27)(H,28,29)/t12-,13+,14+,21-,22-/m0/s1. The summed E-state index contributed by atoms with van der Waals surface area (Å²) in [5, 5.41) is 25.2. The van der Waals surface area contributed by atoms with E-state index in [4.69, 9.17) is 14.6 Å². The smallest absolute Gasteiger partial charge is 0.322 e. The number of rotatable bonds is 6. The summed E-state index contributed by atoms with van der Waals surface area (Å²) in [6, 6.07) is 1.97. The second-order valence-electron chi connectivity index (χ2n) is 9.20. The molecule has 9 heteroatoms. The number of piperidine rings is 1. The van der Waals surface area contributed by atoms with Gasteiger partial charge < -0.3 is 35.2 Å². The van der Waals surface area contributed by atoms with Crippen LogP contribution in [0.1, 0.15) is 30.4 Å². The summed E-state index contributed by atoms with van der Waals surface area (Å²) in [7, 11) is 3.81. The second kappa shape index (κ2) is 7.27. The van der Waals surface area contributed by atoms with E-state index in [0.29, 0.717) is 23.5 Å². The van der Waals surface area contributed by atoms with E-state index in [9.17, 15) is 14.7 Å². The van der Waals surface area contributed by atoms with Gasteiger partial charge in [0, 0.05) is 34.7 Å². The molecule has 2 aliphatic carbocycles. The molecule has 2 bridgehead atoms. The lowest BCUT2D eigenvalue weighted by molar-refractivity contribution is -0.137. The van der Waals surface area contributed by atoms with Crippen LogP contribution in [0.2, 0.25) is 0 Å². The summed E-state index contributed by atoms with van der Waals surface area (Å²) in [6.45, 7) is 0.581. The van der Waals surface area contributed by atoms with Crippen molar-refractivity contribution in [1.82, 2.24) is 15.5 Å². The summed E-state index contributed by atoms with van der Waals surface area (Å²) in [6.07, 6.45) is 3.46. The molecule has 1 spiro atoms. The largest absolute Gasteiger partial charge is 0.504 e. The Balaban J connectivity index is 1.49. The molecule has 1 aromatic rings. The van der Waals surface area contributed by atoms with E-state index in [1.165, 1.54) is 0 Å². The maximum Gasteiger partial charge on any atom is 0.322 e. The maximum atomic E-state index is 12.1. The highest BCUT2D eigenvalue weighted by Crippen LogP contribution is 2.65. The van der Waals surface area contributed by atoms with Crippen LogP contribution < -0.4 is 20.1 Å². The highest BCUT2D eigenvalue weighted by Gasteiger charge is 2.65. The summed E-state index contributed by atoms with van der Waals surface area (Å²) in [5.41, 5.74) is 2.01. The van der Waals surface area contributed by atoms with E-state index in [1.54, 1.807) is 13.2 Å². The van der Waals surface area contributed by atoms with Gasteiger partial charge in [0.1, 0.15) is 18.4 Å². The lowest BCUT2D eigenvalue weighted by Crippen LogP contribution is -2.68. The Bertz CT molecular complexity index is 936. The number of carboxylic acid groups (broad SMARTS) is 1. The number of nitrogens with zero attached hydrogens (tertiary/aromatic N) is 1. The number of aliphatic carboxylic acids is 1. The molecule has 1 saturated heterocycles. The van der Waals surface area contributed by atoms with Crippen LogP contribution in [0.25, 0.3) is 0 Å². The Kier molecular flexibility index (Phi) is 4.78. The number of hydrogen-bond acceptors (Lipinski definition) is 7. The van der Waals surface area contributed by atoms with Gasteiger partial charge in [0.2, 0.25) is 5.91 Å². The Morgan fingerprint density at radius 2 is 2.16 bits per heavy atom. The third-order valence-corrected chi connectivity index (χ3v) is 7.86. The minimum atomic E-state index is -1.07. The molecule has 4 aliphatic rings. The number of benzene rings is 1. The molecule has 4 N–H and O–H groups in total. The molecular formula is C22H29N3O6. The van der Waals surface area contributed by atoms with E-state index in [2.05, 4.69) is 22.6 Å². The minimum absolute atomic E-state index is 0.0282. The number of likely N-dealkylation sites (N-methyl/N-ethyl adjacent to an activating group) is 1. The third kappa shape index (κ3) is 2.90. The van der Waals surface area contributed by atoms with Gasteiger partial charge >= 0.3 is 5.97 Å². The zero-order valence-corrected chi connectivity index (χ0v) is 17.8. The number of amides is 1. The van der Waals surface area contributed by atoms with Gasteiger partial charge in [0.05, 0.1) is 13.7 Å². The number of ether oxygens (including phenoxy) is 2. The molecule has 2 aliphatic heterocycles. The molecule has 1 saturated carbocycles. The zero-order chi connectivity index (χ0) is 21.9. The number of nitrogens with one attached hydrogen (secondary N) is 2. The number of phenols is 1. The first-order valence-corrected chi connectivity index (χ1v) is 10.9. The fourth-order valence-electron chi connectivity index (χ4n) is 6.64. The molecular weight excluding hydrogens is 402 g/mol. The van der Waals surface area contributed by atoms with Crippen molar-refractivity contribution in [1.29, 1.82) is 0 Å². The molecule has 1 amide bonds. The van der Waals surface area contributed by atoms with Crippen molar-refractivity contribution in [2.24, 2.45) is 5.92 Å². The number of carbonyl (C=O) groups is 2. The van der Waals surface area contributed by atoms with Crippen LogP contribution in [-0.4, -0.2) is 79.0 Å². The topological polar surface area (TPSA) is 120 Å². The van der Waals surface area contributed by atoms with Gasteiger partial charge in [0.15, 0.2) is 11.5 Å². The molecule has 0 radical (unpaired) electrons. The van der Waals surface area contributed by atoms with Gasteiger partial charge in [-0.1, -0.05) is 0 Å². The monoisotopic (exact) mass is 431 g/mol. The van der Waals surface area contributed by atoms with Crippen molar-refractivity contribution in [3.8, 4) is 17.2 Å². The number of carbonyl (C=O) groups excluding carboxylic acids is 1. The molecule has 5 atom stereocenters. The average Bonchev–Trinajstić information content (AvgIpc) is 3.10. The van der Waals surface area contributed by atoms with Gasteiger partial charge in [-0.25, -0.2) is 0 Å². The van der Waals surface area contributed by atoms with Crippen molar-refractivity contribution < 1.29 is 29.3 Å². The van der Waals surface area contributed by atoms with Gasteiger partial charge in [0.25, 0.3) is 0 Å². The summed E-state index contributed by atoms with van der Waals surface area (Å²) < 4.78 is 12.1. The normalized spacial score (nSPS) is 32.7. The third-order valence-electron chi connectivity index (χ3n) is 7.86. The van der Waals surface area contributed by atoms with Crippen LogP contribution in [-0.2, 0) is 21.4 Å². The molecule has 0 aromatic heterocycles. The maximum absolute atomic E-state index is 12.1. The zero-order valence-electron chi connectivity index (χ0n) is 17.8. The SMILES string of the molecule is COc1cc(O)c2c3c1C[C@@H]1[C@@H]4CC[C@@H](NCC(=O)NCC(=O)O)[C@H](O2)[C@]34CCN1C. The van der Waals surface area contributed by atoms with Gasteiger partial charge in [-0.2, -0.15) is 0 Å². The highest BCUT2D eigenvalue weighted by molar-refractivity contribution is 5.82. The van der Waals surface area contributed by atoms with Crippen molar-refractivity contribution in [3.05, 3.63) is 17.2 Å². The quantitative estimate of drug-likeness (QED) is 0.505. The van der Waals surface area contributed by atoms with E-state index >= 15 is 0 Å². The highest BCUT2D eigenvalue weighted by atomic mass is 16.5. The first kappa shape index (κ1) is 20.4. The molecule has 5 rings (SSSR count). The van der Waals surface area contributed by atoms with E-state index in [0.717, 1.165) is 43.4 Å². The first-order chi connectivity index (χ1) is 14.9. The van der Waals surface area contributed by atoms with Crippen LogP contribution in [0.15, 0.2) is 6.07 Å². The summed E-state index contributed by atoms with van der Waals surface area (Å²) in [5.74, 6) is 0.370. The molecule has 168 valence electrons. The lowest BCUT2D eigenvalue weighted by Gasteiger charge is -2.59. The van der Waals surface area contributed by atoms with E-state index in [1.807, 2.05) is 0 Å². The number of methoxy groups -OCH3 is 1. The van der Waals surface area contributed by atoms with E-state index < -0.39 is 12.5 Å². The van der Waals surface area contributed by atoms with Gasteiger partial charge in [-0.05, 0) is 45.2 Å². The number of carboxylic acids is 1. The van der Waals surface area contributed by atoms with Gasteiger partial charge in [-0.15, -0.1) is 0 Å². The Labute approximate surface area is 180 Å². The summed E-state index contributed by atoms with van der Waals surface area (Å²) >= 11 is 0. The minimum Gasteiger partial charge on any atom is -0.504 e. The molecule has 2 fully saturated rings. The van der Waals surface area contributed by atoms with Crippen molar-refractivity contribution in [3.63, 3.8) is 0 Å². The second-order valence-corrected chi connectivity index (χ2v) is 9.20. The number of aromatic hydroxyl groups is 1. The first-order valence-electron chi connectivity index (χ1n) is 10.9. The van der Waals surface area contributed by atoms with Crippen molar-refractivity contribution in [2.75, 3.05) is 33.8 Å². The number of hydrogen-bond donors (Lipinski definition) is 4. The van der Waals surface area contributed by atoms with Crippen molar-refractivity contribution in [2.45, 2.75) is 49.3 Å². The Morgan fingerprint density at radius 3 is 2.90 bits per heavy atom. The van der Waals surface area contributed by atoms with Crippen LogP contribution in [0.5, 0.6) is 17.2 Å². The molecule has 9 nitrogen and oxygen atoms in total. The average molecular weight is 431 g/mol. The van der Waals surface area contributed by atoms with Crippen molar-refractivity contribution >= 4 is 11.9 Å². The van der Waals surface area contributed by atoms with Crippen LogP contribution in [0, 0.1) is 5.92 Å². The van der Waals surface area contributed by atoms with Crippen LogP contribution in [0.3, 0.4) is 0 Å². The Morgan fingerprint density at radius 1 is 1.35 bits per heavy atom. The van der Waals surface area contributed by atoms with Crippen LogP contribution >= 0.6 is 0 Å². The Hall–Kier alpha value is -2.52.